The largest absolute Gasteiger partial charge is 0.382 e. The molecule has 0 aliphatic heterocycles. The van der Waals surface area contributed by atoms with Crippen molar-refractivity contribution >= 4 is 0 Å². The van der Waals surface area contributed by atoms with E-state index >= 15 is 0 Å². The maximum absolute atomic E-state index is 13.4. The summed E-state index contributed by atoms with van der Waals surface area (Å²) in [5.41, 5.74) is 7.32. The first-order valence-corrected chi connectivity index (χ1v) is 4.73. The van der Waals surface area contributed by atoms with E-state index in [0.717, 1.165) is 17.5 Å². The zero-order valence-electron chi connectivity index (χ0n) is 8.22. The fourth-order valence-electron chi connectivity index (χ4n) is 2.17. The van der Waals surface area contributed by atoms with Crippen molar-refractivity contribution in [1.82, 2.24) is 0 Å². The average molecular weight is 195 g/mol. The van der Waals surface area contributed by atoms with Crippen molar-refractivity contribution in [2.24, 2.45) is 5.73 Å². The van der Waals surface area contributed by atoms with E-state index in [4.69, 9.17) is 10.5 Å². The van der Waals surface area contributed by atoms with Crippen LogP contribution in [0.1, 0.15) is 17.5 Å². The quantitative estimate of drug-likeness (QED) is 0.777. The second-order valence-corrected chi connectivity index (χ2v) is 3.86. The van der Waals surface area contributed by atoms with Crippen LogP contribution in [0.25, 0.3) is 0 Å². The van der Waals surface area contributed by atoms with Crippen molar-refractivity contribution in [3.8, 4) is 0 Å². The van der Waals surface area contributed by atoms with Crippen LogP contribution in [0.3, 0.4) is 0 Å². The van der Waals surface area contributed by atoms with E-state index in [1.54, 1.807) is 13.2 Å². The highest BCUT2D eigenvalue weighted by molar-refractivity contribution is 5.39. The number of methoxy groups -OCH3 is 1. The molecule has 2 rings (SSSR count). The molecule has 1 atom stereocenters. The van der Waals surface area contributed by atoms with E-state index in [1.165, 1.54) is 6.07 Å². The van der Waals surface area contributed by atoms with Gasteiger partial charge in [0, 0.05) is 7.11 Å². The van der Waals surface area contributed by atoms with Gasteiger partial charge in [-0.1, -0.05) is 12.1 Å². The second-order valence-electron chi connectivity index (χ2n) is 3.86. The van der Waals surface area contributed by atoms with Crippen LogP contribution in [0, 0.1) is 5.82 Å². The monoisotopic (exact) mass is 195 g/mol. The van der Waals surface area contributed by atoms with E-state index in [1.807, 2.05) is 6.07 Å². The Balaban J connectivity index is 2.44. The van der Waals surface area contributed by atoms with Crippen molar-refractivity contribution in [3.63, 3.8) is 0 Å². The summed E-state index contributed by atoms with van der Waals surface area (Å²) in [6, 6.07) is 5.08. The van der Waals surface area contributed by atoms with Crippen LogP contribution in [0.5, 0.6) is 0 Å². The molecule has 0 fully saturated rings. The molecule has 0 spiro atoms. The third-order valence-corrected chi connectivity index (χ3v) is 2.88. The molecule has 2 N–H and O–H groups in total. The van der Waals surface area contributed by atoms with E-state index < -0.39 is 5.54 Å². The molecule has 76 valence electrons. The maximum atomic E-state index is 13.4. The molecule has 1 aromatic carbocycles. The Morgan fingerprint density at radius 2 is 2.36 bits per heavy atom. The van der Waals surface area contributed by atoms with E-state index in [-0.39, 0.29) is 5.82 Å². The number of rotatable bonds is 2. The van der Waals surface area contributed by atoms with Crippen molar-refractivity contribution < 1.29 is 9.13 Å². The number of hydrogen-bond acceptors (Lipinski definition) is 2. The van der Waals surface area contributed by atoms with Crippen LogP contribution in [-0.2, 0) is 16.7 Å². The molecule has 2 nitrogen and oxygen atoms in total. The van der Waals surface area contributed by atoms with Gasteiger partial charge in [0.1, 0.15) is 5.82 Å². The predicted molar refractivity (Wildman–Crippen MR) is 52.5 cm³/mol. The molecular formula is C11H14FNO. The van der Waals surface area contributed by atoms with Crippen molar-refractivity contribution in [2.75, 3.05) is 13.7 Å². The van der Waals surface area contributed by atoms with Gasteiger partial charge in [-0.15, -0.1) is 0 Å². The zero-order valence-corrected chi connectivity index (χ0v) is 8.22. The summed E-state index contributed by atoms with van der Waals surface area (Å²) in [6.45, 7) is 0.448. The number of fused-ring (bicyclic) bond motifs is 1. The number of hydrogen-bond donors (Lipinski definition) is 1. The highest BCUT2D eigenvalue weighted by atomic mass is 19.1. The molecule has 1 aliphatic rings. The molecule has 0 amide bonds. The van der Waals surface area contributed by atoms with Gasteiger partial charge in [0.2, 0.25) is 0 Å². The van der Waals surface area contributed by atoms with Gasteiger partial charge in [-0.05, 0) is 30.0 Å². The molecule has 14 heavy (non-hydrogen) atoms. The fraction of sp³-hybridized carbons (Fsp3) is 0.455. The molecule has 1 aliphatic carbocycles. The minimum Gasteiger partial charge on any atom is -0.382 e. The summed E-state index contributed by atoms with van der Waals surface area (Å²) < 4.78 is 18.5. The molecule has 0 aromatic heterocycles. The smallest absolute Gasteiger partial charge is 0.126 e. The van der Waals surface area contributed by atoms with E-state index in [2.05, 4.69) is 0 Å². The van der Waals surface area contributed by atoms with Crippen LogP contribution < -0.4 is 5.73 Å². The Morgan fingerprint density at radius 1 is 1.57 bits per heavy atom. The van der Waals surface area contributed by atoms with Crippen LogP contribution in [0.2, 0.25) is 0 Å². The summed E-state index contributed by atoms with van der Waals surface area (Å²) in [4.78, 5) is 0. The summed E-state index contributed by atoms with van der Waals surface area (Å²) in [5, 5.41) is 0. The first-order chi connectivity index (χ1) is 6.67. The Morgan fingerprint density at radius 3 is 3.07 bits per heavy atom. The summed E-state index contributed by atoms with van der Waals surface area (Å²) in [5.74, 6) is -0.147. The molecule has 1 unspecified atom stereocenters. The Kier molecular flexibility index (Phi) is 2.29. The van der Waals surface area contributed by atoms with Crippen LogP contribution >= 0.6 is 0 Å². The van der Waals surface area contributed by atoms with Gasteiger partial charge in [-0.3, -0.25) is 0 Å². The molecule has 0 saturated heterocycles. The molecule has 0 bridgehead atoms. The van der Waals surface area contributed by atoms with Crippen molar-refractivity contribution in [1.29, 1.82) is 0 Å². The Bertz CT molecular complexity index is 353. The predicted octanol–water partition coefficient (Wildman–Crippen LogP) is 1.57. The van der Waals surface area contributed by atoms with Crippen molar-refractivity contribution in [2.45, 2.75) is 18.4 Å². The zero-order chi connectivity index (χ0) is 10.2. The summed E-state index contributed by atoms with van der Waals surface area (Å²) in [7, 11) is 1.62. The minimum absolute atomic E-state index is 0.147. The summed E-state index contributed by atoms with van der Waals surface area (Å²) in [6.07, 6.45) is 1.47. The number of halogens is 1. The third kappa shape index (κ3) is 1.33. The van der Waals surface area contributed by atoms with Gasteiger partial charge >= 0.3 is 0 Å². The van der Waals surface area contributed by atoms with Gasteiger partial charge in [0.05, 0.1) is 12.1 Å². The van der Waals surface area contributed by atoms with E-state index in [0.29, 0.717) is 13.0 Å². The third-order valence-electron chi connectivity index (χ3n) is 2.88. The lowest BCUT2D eigenvalue weighted by Gasteiger charge is -2.24. The lowest BCUT2D eigenvalue weighted by molar-refractivity contribution is 0.132. The minimum atomic E-state index is -0.494. The standard InChI is InChI=1S/C11H14FNO/c1-14-7-11(13)6-5-8-9(11)3-2-4-10(8)12/h2-4H,5-7,13H2,1H3. The number of nitrogens with two attached hydrogens (primary N) is 1. The van der Waals surface area contributed by atoms with E-state index in [9.17, 15) is 4.39 Å². The lowest BCUT2D eigenvalue weighted by atomic mass is 9.94. The first kappa shape index (κ1) is 9.62. The van der Waals surface area contributed by atoms with Crippen LogP contribution in [-0.4, -0.2) is 13.7 Å². The molecule has 1 aromatic rings. The van der Waals surface area contributed by atoms with Gasteiger partial charge in [-0.25, -0.2) is 4.39 Å². The Hall–Kier alpha value is -0.930. The maximum Gasteiger partial charge on any atom is 0.126 e. The Labute approximate surface area is 82.9 Å². The second kappa shape index (κ2) is 3.33. The highest BCUT2D eigenvalue weighted by Gasteiger charge is 2.36. The summed E-state index contributed by atoms with van der Waals surface area (Å²) >= 11 is 0. The van der Waals surface area contributed by atoms with Crippen LogP contribution in [0.15, 0.2) is 18.2 Å². The highest BCUT2D eigenvalue weighted by Crippen LogP contribution is 2.36. The molecule has 3 heteroatoms. The topological polar surface area (TPSA) is 35.2 Å². The van der Waals surface area contributed by atoms with Gasteiger partial charge in [-0.2, -0.15) is 0 Å². The molecule has 0 saturated carbocycles. The van der Waals surface area contributed by atoms with Crippen LogP contribution in [0.4, 0.5) is 4.39 Å². The van der Waals surface area contributed by atoms with Crippen molar-refractivity contribution in [3.05, 3.63) is 35.1 Å². The fourth-order valence-corrected chi connectivity index (χ4v) is 2.17. The number of ether oxygens (including phenoxy) is 1. The first-order valence-electron chi connectivity index (χ1n) is 4.73. The molecule has 0 radical (unpaired) electrons. The van der Waals surface area contributed by atoms with Gasteiger partial charge in [0.15, 0.2) is 0 Å². The SMILES string of the molecule is COCC1(N)CCc2c(F)cccc21. The number of benzene rings is 1. The van der Waals surface area contributed by atoms with Gasteiger partial charge in [0.25, 0.3) is 0 Å². The molecular weight excluding hydrogens is 181 g/mol. The lowest BCUT2D eigenvalue weighted by Crippen LogP contribution is -2.38. The molecule has 0 heterocycles. The van der Waals surface area contributed by atoms with Gasteiger partial charge < -0.3 is 10.5 Å². The average Bonchev–Trinajstić information content (AvgIpc) is 2.47. The normalized spacial score (nSPS) is 25.1.